The first-order valence-corrected chi connectivity index (χ1v) is 8.47. The van der Waals surface area contributed by atoms with E-state index in [1.54, 1.807) is 7.11 Å². The number of methoxy groups -OCH3 is 1. The van der Waals surface area contributed by atoms with Crippen molar-refractivity contribution in [1.82, 2.24) is 9.80 Å². The van der Waals surface area contributed by atoms with Crippen molar-refractivity contribution in [2.24, 2.45) is 5.73 Å². The Labute approximate surface area is 143 Å². The molecule has 0 saturated carbocycles. The minimum atomic E-state index is -0.184. The normalized spacial score (nSPS) is 17.8. The molecule has 2 rings (SSSR count). The summed E-state index contributed by atoms with van der Waals surface area (Å²) in [4.78, 5) is 16.7. The Kier molecular flexibility index (Phi) is 7.30. The second-order valence-corrected chi connectivity index (χ2v) is 6.37. The molecule has 128 valence electrons. The van der Waals surface area contributed by atoms with Gasteiger partial charge in [0.15, 0.2) is 0 Å². The fraction of sp³-hybridized carbons (Fsp3) is 0.588. The van der Waals surface area contributed by atoms with Gasteiger partial charge in [-0.3, -0.25) is 9.69 Å². The highest BCUT2D eigenvalue weighted by Crippen LogP contribution is 2.13. The third-order valence-corrected chi connectivity index (χ3v) is 4.51. The molecule has 0 spiro atoms. The molecule has 1 aromatic rings. The maximum atomic E-state index is 12.3. The van der Waals surface area contributed by atoms with Crippen molar-refractivity contribution in [2.75, 3.05) is 39.8 Å². The second-order valence-electron chi connectivity index (χ2n) is 5.93. The van der Waals surface area contributed by atoms with E-state index in [0.717, 1.165) is 44.2 Å². The summed E-state index contributed by atoms with van der Waals surface area (Å²) in [5.41, 5.74) is 6.84. The van der Waals surface area contributed by atoms with Crippen LogP contribution in [0.3, 0.4) is 0 Å². The third kappa shape index (κ3) is 5.77. The van der Waals surface area contributed by atoms with Crippen LogP contribution < -0.4 is 5.73 Å². The van der Waals surface area contributed by atoms with Gasteiger partial charge in [-0.05, 0) is 24.1 Å². The Bertz CT molecular complexity index is 491. The molecule has 1 amide bonds. The van der Waals surface area contributed by atoms with Crippen LogP contribution in [0.15, 0.2) is 24.3 Å². The first kappa shape index (κ1) is 18.2. The minimum Gasteiger partial charge on any atom is -0.380 e. The molecule has 0 bridgehead atoms. The molecule has 2 N–H and O–H groups in total. The summed E-state index contributed by atoms with van der Waals surface area (Å²) < 4.78 is 5.21. The number of halogens is 1. The predicted molar refractivity (Wildman–Crippen MR) is 92.4 cm³/mol. The van der Waals surface area contributed by atoms with Crippen molar-refractivity contribution in [3.05, 3.63) is 34.9 Å². The fourth-order valence-electron chi connectivity index (χ4n) is 2.81. The van der Waals surface area contributed by atoms with E-state index in [4.69, 9.17) is 22.1 Å². The molecule has 1 atom stereocenters. The van der Waals surface area contributed by atoms with Gasteiger partial charge in [-0.25, -0.2) is 0 Å². The highest BCUT2D eigenvalue weighted by Gasteiger charge is 2.21. The van der Waals surface area contributed by atoms with Gasteiger partial charge in [0.25, 0.3) is 0 Å². The van der Waals surface area contributed by atoms with Crippen molar-refractivity contribution < 1.29 is 9.53 Å². The molecule has 1 aliphatic heterocycles. The van der Waals surface area contributed by atoms with E-state index in [1.807, 2.05) is 17.0 Å². The summed E-state index contributed by atoms with van der Waals surface area (Å²) in [6, 6.07) is 7.95. The summed E-state index contributed by atoms with van der Waals surface area (Å²) >= 11 is 5.92. The number of ether oxygens (including phenoxy) is 1. The zero-order chi connectivity index (χ0) is 16.7. The van der Waals surface area contributed by atoms with Gasteiger partial charge in [-0.15, -0.1) is 0 Å². The maximum Gasteiger partial charge on any atom is 0.225 e. The Morgan fingerprint density at radius 2 is 2.00 bits per heavy atom. The number of nitrogens with zero attached hydrogens (tertiary/aromatic N) is 2. The van der Waals surface area contributed by atoms with Crippen LogP contribution in [0.4, 0.5) is 0 Å². The van der Waals surface area contributed by atoms with Gasteiger partial charge in [0.2, 0.25) is 5.91 Å². The average Bonchev–Trinajstić information content (AvgIpc) is 2.80. The molecular formula is C17H26ClN3O2. The van der Waals surface area contributed by atoms with Crippen molar-refractivity contribution in [2.45, 2.75) is 25.5 Å². The number of carbonyl (C=O) groups is 1. The van der Waals surface area contributed by atoms with Crippen molar-refractivity contribution in [3.63, 3.8) is 0 Å². The lowest BCUT2D eigenvalue weighted by atomic mass is 10.2. The van der Waals surface area contributed by atoms with Gasteiger partial charge in [0, 0.05) is 51.4 Å². The summed E-state index contributed by atoms with van der Waals surface area (Å²) in [5, 5.41) is 0.758. The van der Waals surface area contributed by atoms with Gasteiger partial charge in [0.05, 0.1) is 12.5 Å². The first-order chi connectivity index (χ1) is 11.1. The lowest BCUT2D eigenvalue weighted by Crippen LogP contribution is -2.38. The standard InChI is InChI=1S/C17H26ClN3O2/c1-23-16(12-19)11-17(22)21-8-2-7-20(9-10-21)13-14-3-5-15(18)6-4-14/h3-6,16H,2,7-13,19H2,1H3. The molecule has 0 aromatic heterocycles. The van der Waals surface area contributed by atoms with Crippen molar-refractivity contribution in [3.8, 4) is 0 Å². The third-order valence-electron chi connectivity index (χ3n) is 4.26. The van der Waals surface area contributed by atoms with Crippen molar-refractivity contribution >= 4 is 17.5 Å². The quantitative estimate of drug-likeness (QED) is 0.857. The second kappa shape index (κ2) is 9.23. The van der Waals surface area contributed by atoms with Gasteiger partial charge in [0.1, 0.15) is 0 Å². The zero-order valence-electron chi connectivity index (χ0n) is 13.7. The lowest BCUT2D eigenvalue weighted by Gasteiger charge is -2.23. The number of hydrogen-bond acceptors (Lipinski definition) is 4. The van der Waals surface area contributed by atoms with Crippen LogP contribution in [-0.4, -0.2) is 61.6 Å². The van der Waals surface area contributed by atoms with Crippen LogP contribution in [0.25, 0.3) is 0 Å². The Hall–Kier alpha value is -1.14. The number of nitrogens with two attached hydrogens (primary N) is 1. The molecule has 0 aliphatic carbocycles. The molecule has 1 heterocycles. The molecule has 1 saturated heterocycles. The summed E-state index contributed by atoms with van der Waals surface area (Å²) in [5.74, 6) is 0.135. The number of amides is 1. The molecule has 1 unspecified atom stereocenters. The van der Waals surface area contributed by atoms with E-state index in [2.05, 4.69) is 17.0 Å². The van der Waals surface area contributed by atoms with Crippen LogP contribution in [0.5, 0.6) is 0 Å². The first-order valence-electron chi connectivity index (χ1n) is 8.10. The Balaban J connectivity index is 1.84. The monoisotopic (exact) mass is 339 g/mol. The maximum absolute atomic E-state index is 12.3. The molecular weight excluding hydrogens is 314 g/mol. The smallest absolute Gasteiger partial charge is 0.225 e. The molecule has 6 heteroatoms. The van der Waals surface area contributed by atoms with E-state index in [1.165, 1.54) is 5.56 Å². The minimum absolute atomic E-state index is 0.135. The van der Waals surface area contributed by atoms with Crippen LogP contribution in [-0.2, 0) is 16.1 Å². The number of benzene rings is 1. The van der Waals surface area contributed by atoms with Crippen LogP contribution in [0.2, 0.25) is 5.02 Å². The van der Waals surface area contributed by atoms with E-state index in [9.17, 15) is 4.79 Å². The molecule has 1 fully saturated rings. The molecule has 23 heavy (non-hydrogen) atoms. The van der Waals surface area contributed by atoms with E-state index in [0.29, 0.717) is 13.0 Å². The highest BCUT2D eigenvalue weighted by atomic mass is 35.5. The number of rotatable bonds is 6. The van der Waals surface area contributed by atoms with E-state index < -0.39 is 0 Å². The number of carbonyl (C=O) groups excluding carboxylic acids is 1. The largest absolute Gasteiger partial charge is 0.380 e. The summed E-state index contributed by atoms with van der Waals surface area (Å²) in [6.07, 6.45) is 1.17. The van der Waals surface area contributed by atoms with Crippen LogP contribution in [0, 0.1) is 0 Å². The molecule has 1 aliphatic rings. The highest BCUT2D eigenvalue weighted by molar-refractivity contribution is 6.30. The summed E-state index contributed by atoms with van der Waals surface area (Å²) in [6.45, 7) is 4.71. The van der Waals surface area contributed by atoms with Gasteiger partial charge >= 0.3 is 0 Å². The molecule has 5 nitrogen and oxygen atoms in total. The molecule has 1 aromatic carbocycles. The lowest BCUT2D eigenvalue weighted by molar-refractivity contribution is -0.133. The SMILES string of the molecule is COC(CN)CC(=O)N1CCCN(Cc2ccc(Cl)cc2)CC1. The Morgan fingerprint density at radius 3 is 2.65 bits per heavy atom. The average molecular weight is 340 g/mol. The Morgan fingerprint density at radius 1 is 1.26 bits per heavy atom. The van der Waals surface area contributed by atoms with Crippen LogP contribution in [0.1, 0.15) is 18.4 Å². The van der Waals surface area contributed by atoms with Gasteiger partial charge < -0.3 is 15.4 Å². The van der Waals surface area contributed by atoms with Gasteiger partial charge in [-0.1, -0.05) is 23.7 Å². The fourth-order valence-corrected chi connectivity index (χ4v) is 2.94. The summed E-state index contributed by atoms with van der Waals surface area (Å²) in [7, 11) is 1.60. The van der Waals surface area contributed by atoms with Crippen molar-refractivity contribution in [1.29, 1.82) is 0 Å². The number of hydrogen-bond donors (Lipinski definition) is 1. The van der Waals surface area contributed by atoms with E-state index >= 15 is 0 Å². The topological polar surface area (TPSA) is 58.8 Å². The van der Waals surface area contributed by atoms with Crippen LogP contribution >= 0.6 is 11.6 Å². The van der Waals surface area contributed by atoms with Gasteiger partial charge in [-0.2, -0.15) is 0 Å². The molecule has 0 radical (unpaired) electrons. The zero-order valence-corrected chi connectivity index (χ0v) is 14.5. The van der Waals surface area contributed by atoms with E-state index in [-0.39, 0.29) is 12.0 Å². The predicted octanol–water partition coefficient (Wildman–Crippen LogP) is 1.74.